The van der Waals surface area contributed by atoms with Crippen molar-refractivity contribution >= 4 is 17.3 Å². The summed E-state index contributed by atoms with van der Waals surface area (Å²) in [5.74, 6) is -0.682. The molecule has 1 fully saturated rings. The van der Waals surface area contributed by atoms with Gasteiger partial charge in [0.2, 0.25) is 5.91 Å². The van der Waals surface area contributed by atoms with Crippen LogP contribution in [0, 0.1) is 11.6 Å². The Kier molecular flexibility index (Phi) is 5.28. The number of nitrogens with one attached hydrogen (secondary N) is 1. The largest absolute Gasteiger partial charge is 0.369 e. The number of benzene rings is 2. The van der Waals surface area contributed by atoms with Gasteiger partial charge in [0.25, 0.3) is 0 Å². The Labute approximate surface area is 146 Å². The van der Waals surface area contributed by atoms with Crippen molar-refractivity contribution in [1.82, 2.24) is 4.90 Å². The molecule has 1 aliphatic rings. The monoisotopic (exact) mass is 345 g/mol. The fourth-order valence-corrected chi connectivity index (χ4v) is 2.97. The number of rotatable bonds is 4. The topological polar surface area (TPSA) is 35.6 Å². The van der Waals surface area contributed by atoms with Gasteiger partial charge in [0, 0.05) is 37.6 Å². The molecule has 0 saturated carbocycles. The molecular weight excluding hydrogens is 324 g/mol. The maximum atomic E-state index is 13.0. The van der Waals surface area contributed by atoms with Crippen molar-refractivity contribution in [3.63, 3.8) is 0 Å². The first-order chi connectivity index (χ1) is 12.0. The van der Waals surface area contributed by atoms with Gasteiger partial charge in [-0.15, -0.1) is 0 Å². The Hall–Kier alpha value is -2.47. The highest BCUT2D eigenvalue weighted by Gasteiger charge is 2.25. The second-order valence-electron chi connectivity index (χ2n) is 6.17. The zero-order valence-electron chi connectivity index (χ0n) is 14.1. The van der Waals surface area contributed by atoms with E-state index in [1.165, 1.54) is 24.3 Å². The standard InChI is InChI=1S/C19H21F2N3O/c1-14(19(25)22-17-6-2-15(20)3-7-17)23-10-12-24(13-11-23)18-8-4-16(21)5-9-18/h2-9,14H,10-13H2,1H3,(H,22,25)/t14-/m0/s1. The lowest BCUT2D eigenvalue weighted by molar-refractivity contribution is -0.120. The molecule has 2 aromatic rings. The quantitative estimate of drug-likeness (QED) is 0.925. The van der Waals surface area contributed by atoms with Gasteiger partial charge in [-0.1, -0.05) is 0 Å². The third kappa shape index (κ3) is 4.33. The van der Waals surface area contributed by atoms with Gasteiger partial charge in [0.15, 0.2) is 0 Å². The van der Waals surface area contributed by atoms with Crippen molar-refractivity contribution < 1.29 is 13.6 Å². The Morgan fingerprint density at radius 2 is 1.44 bits per heavy atom. The van der Waals surface area contributed by atoms with Crippen molar-refractivity contribution in [3.05, 3.63) is 60.2 Å². The molecule has 132 valence electrons. The molecule has 0 spiro atoms. The predicted octanol–water partition coefficient (Wildman–Crippen LogP) is 3.11. The maximum Gasteiger partial charge on any atom is 0.241 e. The molecule has 1 atom stereocenters. The molecule has 0 radical (unpaired) electrons. The van der Waals surface area contributed by atoms with Crippen LogP contribution in [0.4, 0.5) is 20.2 Å². The highest BCUT2D eigenvalue weighted by molar-refractivity contribution is 5.94. The first kappa shape index (κ1) is 17.4. The Balaban J connectivity index is 1.53. The first-order valence-corrected chi connectivity index (χ1v) is 8.34. The average Bonchev–Trinajstić information content (AvgIpc) is 2.64. The van der Waals surface area contributed by atoms with Crippen LogP contribution in [0.5, 0.6) is 0 Å². The molecule has 0 bridgehead atoms. The van der Waals surface area contributed by atoms with Gasteiger partial charge < -0.3 is 10.2 Å². The minimum absolute atomic E-state index is 0.109. The summed E-state index contributed by atoms with van der Waals surface area (Å²) in [5, 5.41) is 2.81. The zero-order chi connectivity index (χ0) is 17.8. The van der Waals surface area contributed by atoms with Gasteiger partial charge in [0.1, 0.15) is 11.6 Å². The molecule has 3 rings (SSSR count). The second kappa shape index (κ2) is 7.61. The summed E-state index contributed by atoms with van der Waals surface area (Å²) in [4.78, 5) is 16.7. The molecule has 25 heavy (non-hydrogen) atoms. The van der Waals surface area contributed by atoms with Crippen LogP contribution in [0.2, 0.25) is 0 Å². The third-order valence-electron chi connectivity index (χ3n) is 4.54. The van der Waals surface area contributed by atoms with E-state index in [-0.39, 0.29) is 23.6 Å². The summed E-state index contributed by atoms with van der Waals surface area (Å²) in [6.07, 6.45) is 0. The summed E-state index contributed by atoms with van der Waals surface area (Å²) in [6.45, 7) is 4.91. The summed E-state index contributed by atoms with van der Waals surface area (Å²) in [5.41, 5.74) is 1.58. The molecular formula is C19H21F2N3O. The smallest absolute Gasteiger partial charge is 0.241 e. The van der Waals surface area contributed by atoms with Crippen LogP contribution >= 0.6 is 0 Å². The number of carbonyl (C=O) groups is 1. The number of halogens is 2. The highest BCUT2D eigenvalue weighted by atomic mass is 19.1. The van der Waals surface area contributed by atoms with Crippen molar-refractivity contribution in [2.24, 2.45) is 0 Å². The third-order valence-corrected chi connectivity index (χ3v) is 4.54. The van der Waals surface area contributed by atoms with E-state index in [0.717, 1.165) is 31.9 Å². The second-order valence-corrected chi connectivity index (χ2v) is 6.17. The Morgan fingerprint density at radius 3 is 2.00 bits per heavy atom. The number of hydrogen-bond acceptors (Lipinski definition) is 3. The van der Waals surface area contributed by atoms with Gasteiger partial charge in [0.05, 0.1) is 6.04 Å². The minimum atomic E-state index is -0.331. The highest BCUT2D eigenvalue weighted by Crippen LogP contribution is 2.18. The number of amides is 1. The molecule has 1 amide bonds. The van der Waals surface area contributed by atoms with E-state index in [4.69, 9.17) is 0 Å². The van der Waals surface area contributed by atoms with Crippen LogP contribution in [-0.2, 0) is 4.79 Å². The summed E-state index contributed by atoms with van der Waals surface area (Å²) >= 11 is 0. The van der Waals surface area contributed by atoms with Crippen molar-refractivity contribution in [2.45, 2.75) is 13.0 Å². The van der Waals surface area contributed by atoms with Crippen molar-refractivity contribution in [1.29, 1.82) is 0 Å². The lowest BCUT2D eigenvalue weighted by atomic mass is 10.2. The fraction of sp³-hybridized carbons (Fsp3) is 0.316. The molecule has 6 heteroatoms. The molecule has 0 aromatic heterocycles. The molecule has 0 aliphatic carbocycles. The fourth-order valence-electron chi connectivity index (χ4n) is 2.97. The zero-order valence-corrected chi connectivity index (χ0v) is 14.1. The first-order valence-electron chi connectivity index (χ1n) is 8.34. The van der Waals surface area contributed by atoms with Gasteiger partial charge in [-0.2, -0.15) is 0 Å². The van der Waals surface area contributed by atoms with E-state index in [1.54, 1.807) is 24.3 Å². The summed E-state index contributed by atoms with van der Waals surface area (Å²) < 4.78 is 25.9. The maximum absolute atomic E-state index is 13.0. The van der Waals surface area contributed by atoms with Crippen LogP contribution in [0.15, 0.2) is 48.5 Å². The SMILES string of the molecule is C[C@@H](C(=O)Nc1ccc(F)cc1)N1CCN(c2ccc(F)cc2)CC1. The molecule has 1 heterocycles. The van der Waals surface area contributed by atoms with E-state index in [2.05, 4.69) is 15.1 Å². The van der Waals surface area contributed by atoms with Crippen molar-refractivity contribution in [3.8, 4) is 0 Å². The van der Waals surface area contributed by atoms with E-state index >= 15 is 0 Å². The number of carbonyl (C=O) groups excluding carboxylic acids is 1. The van der Waals surface area contributed by atoms with Gasteiger partial charge in [-0.05, 0) is 55.5 Å². The number of anilines is 2. The van der Waals surface area contributed by atoms with E-state index in [9.17, 15) is 13.6 Å². The number of hydrogen-bond donors (Lipinski definition) is 1. The van der Waals surface area contributed by atoms with Crippen LogP contribution in [0.25, 0.3) is 0 Å². The average molecular weight is 345 g/mol. The van der Waals surface area contributed by atoms with Gasteiger partial charge in [-0.3, -0.25) is 9.69 Å². The number of nitrogens with zero attached hydrogens (tertiary/aromatic N) is 2. The Bertz CT molecular complexity index is 710. The van der Waals surface area contributed by atoms with E-state index in [0.29, 0.717) is 5.69 Å². The molecule has 1 aliphatic heterocycles. The summed E-state index contributed by atoms with van der Waals surface area (Å²) in [7, 11) is 0. The molecule has 1 saturated heterocycles. The molecule has 1 N–H and O–H groups in total. The summed E-state index contributed by atoms with van der Waals surface area (Å²) in [6, 6.07) is 11.9. The molecule has 2 aromatic carbocycles. The minimum Gasteiger partial charge on any atom is -0.369 e. The van der Waals surface area contributed by atoms with E-state index in [1.807, 2.05) is 6.92 Å². The molecule has 0 unspecified atom stereocenters. The van der Waals surface area contributed by atoms with Crippen LogP contribution in [0.3, 0.4) is 0 Å². The van der Waals surface area contributed by atoms with Gasteiger partial charge >= 0.3 is 0 Å². The number of piperazine rings is 1. The lowest BCUT2D eigenvalue weighted by Crippen LogP contribution is -2.52. The normalized spacial score (nSPS) is 16.5. The van der Waals surface area contributed by atoms with Gasteiger partial charge in [-0.25, -0.2) is 8.78 Å². The van der Waals surface area contributed by atoms with Crippen LogP contribution in [0.1, 0.15) is 6.92 Å². The Morgan fingerprint density at radius 1 is 0.920 bits per heavy atom. The lowest BCUT2D eigenvalue weighted by Gasteiger charge is -2.38. The van der Waals surface area contributed by atoms with E-state index < -0.39 is 0 Å². The van der Waals surface area contributed by atoms with Crippen LogP contribution < -0.4 is 10.2 Å². The van der Waals surface area contributed by atoms with Crippen LogP contribution in [-0.4, -0.2) is 43.0 Å². The van der Waals surface area contributed by atoms with Crippen molar-refractivity contribution in [2.75, 3.05) is 36.4 Å². The predicted molar refractivity (Wildman–Crippen MR) is 94.7 cm³/mol. The molecule has 4 nitrogen and oxygen atoms in total.